The second-order valence-electron chi connectivity index (χ2n) is 10.1. The Labute approximate surface area is 207 Å². The normalized spacial score (nSPS) is 14.9. The molecule has 4 rings (SSSR count). The van der Waals surface area contributed by atoms with Crippen LogP contribution >= 0.6 is 0 Å². The van der Waals surface area contributed by atoms with Crippen molar-refractivity contribution < 1.29 is 19.0 Å². The molecule has 0 saturated carbocycles. The molecule has 0 spiro atoms. The number of carbonyl (C=O) groups is 1. The number of aromatic nitrogens is 1. The maximum atomic E-state index is 12.4. The fourth-order valence-electron chi connectivity index (χ4n) is 4.36. The highest BCUT2D eigenvalue weighted by molar-refractivity contribution is 5.95. The van der Waals surface area contributed by atoms with Crippen molar-refractivity contribution in [1.82, 2.24) is 9.88 Å². The molecule has 1 amide bonds. The summed E-state index contributed by atoms with van der Waals surface area (Å²) in [6.07, 6.45) is 1.49. The van der Waals surface area contributed by atoms with Crippen molar-refractivity contribution in [2.75, 3.05) is 38.7 Å². The zero-order chi connectivity index (χ0) is 24.8. The van der Waals surface area contributed by atoms with Gasteiger partial charge in [-0.1, -0.05) is 30.3 Å². The molecule has 1 aliphatic heterocycles. The summed E-state index contributed by atoms with van der Waals surface area (Å²) in [4.78, 5) is 17.9. The van der Waals surface area contributed by atoms with Crippen LogP contribution in [0.3, 0.4) is 0 Å². The molecule has 2 N–H and O–H groups in total. The highest BCUT2D eigenvalue weighted by Gasteiger charge is 2.27. The molecule has 0 unspecified atom stereocenters. The van der Waals surface area contributed by atoms with Gasteiger partial charge in [0.1, 0.15) is 5.60 Å². The van der Waals surface area contributed by atoms with Gasteiger partial charge in [0, 0.05) is 37.3 Å². The van der Waals surface area contributed by atoms with Crippen LogP contribution in [0.5, 0.6) is 0 Å². The molecule has 0 radical (unpaired) electrons. The first-order valence-electron chi connectivity index (χ1n) is 12.3. The van der Waals surface area contributed by atoms with E-state index in [-0.39, 0.29) is 12.1 Å². The Bertz CT molecular complexity index is 1110. The van der Waals surface area contributed by atoms with Gasteiger partial charge >= 0.3 is 6.09 Å². The van der Waals surface area contributed by atoms with Crippen molar-refractivity contribution in [3.05, 3.63) is 54.1 Å². The number of ether oxygens (including phenoxy) is 3. The average molecular weight is 480 g/mol. The van der Waals surface area contributed by atoms with E-state index in [0.717, 1.165) is 46.3 Å². The highest BCUT2D eigenvalue weighted by atomic mass is 16.6. The van der Waals surface area contributed by atoms with Gasteiger partial charge in [-0.3, -0.25) is 0 Å². The maximum absolute atomic E-state index is 12.4. The highest BCUT2D eigenvalue weighted by Crippen LogP contribution is 2.32. The number of fused-ring (bicyclic) bond motifs is 1. The summed E-state index contributed by atoms with van der Waals surface area (Å²) in [6, 6.07) is 17.2. The van der Waals surface area contributed by atoms with E-state index in [9.17, 15) is 4.79 Å². The number of amides is 1. The number of piperidine rings is 1. The smallest absolute Gasteiger partial charge is 0.410 e. The van der Waals surface area contributed by atoms with Crippen molar-refractivity contribution in [3.63, 3.8) is 0 Å². The molecule has 0 aliphatic carbocycles. The molecule has 1 fully saturated rings. The van der Waals surface area contributed by atoms with Crippen molar-refractivity contribution in [2.24, 2.45) is 0 Å². The molecular formula is C28H37N3O4. The van der Waals surface area contributed by atoms with Crippen molar-refractivity contribution in [2.45, 2.75) is 51.9 Å². The lowest BCUT2D eigenvalue weighted by Crippen LogP contribution is -2.44. The number of likely N-dealkylation sites (tertiary alicyclic amines) is 1. The monoisotopic (exact) mass is 479 g/mol. The zero-order valence-electron chi connectivity index (χ0n) is 21.2. The van der Waals surface area contributed by atoms with Crippen LogP contribution in [0, 0.1) is 0 Å². The van der Waals surface area contributed by atoms with Gasteiger partial charge < -0.3 is 29.4 Å². The first-order valence-corrected chi connectivity index (χ1v) is 12.3. The van der Waals surface area contributed by atoms with Crippen LogP contribution in [0.1, 0.15) is 39.2 Å². The summed E-state index contributed by atoms with van der Waals surface area (Å²) < 4.78 is 16.4. The van der Waals surface area contributed by atoms with Gasteiger partial charge in [-0.05, 0) is 62.9 Å². The summed E-state index contributed by atoms with van der Waals surface area (Å²) in [6.45, 7) is 8.71. The van der Waals surface area contributed by atoms with E-state index in [1.54, 1.807) is 12.0 Å². The molecule has 7 nitrogen and oxygen atoms in total. The number of hydrogen-bond donors (Lipinski definition) is 2. The minimum absolute atomic E-state index is 0.231. The number of carbonyl (C=O) groups excluding carboxylic acids is 1. The van der Waals surface area contributed by atoms with Crippen molar-refractivity contribution in [1.29, 1.82) is 0 Å². The Balaban J connectivity index is 1.51. The van der Waals surface area contributed by atoms with Gasteiger partial charge in [0.25, 0.3) is 0 Å². The molecule has 2 aromatic carbocycles. The van der Waals surface area contributed by atoms with Gasteiger partial charge in [0.2, 0.25) is 0 Å². The molecule has 7 heteroatoms. The molecular weight excluding hydrogens is 442 g/mol. The molecule has 3 aromatic rings. The molecule has 188 valence electrons. The van der Waals surface area contributed by atoms with Gasteiger partial charge in [-0.2, -0.15) is 0 Å². The largest absolute Gasteiger partial charge is 0.444 e. The summed E-state index contributed by atoms with van der Waals surface area (Å²) in [7, 11) is 1.68. The Hall–Kier alpha value is -3.03. The average Bonchev–Trinajstić information content (AvgIpc) is 3.26. The predicted molar refractivity (Wildman–Crippen MR) is 140 cm³/mol. The first kappa shape index (κ1) is 25.1. The Kier molecular flexibility index (Phi) is 7.98. The summed E-state index contributed by atoms with van der Waals surface area (Å²) in [5.74, 6) is 0. The topological polar surface area (TPSA) is 75.8 Å². The van der Waals surface area contributed by atoms with Crippen LogP contribution in [0.4, 0.5) is 10.5 Å². The van der Waals surface area contributed by atoms with Crippen molar-refractivity contribution in [3.8, 4) is 11.3 Å². The third-order valence-corrected chi connectivity index (χ3v) is 6.08. The fourth-order valence-corrected chi connectivity index (χ4v) is 4.36. The molecule has 35 heavy (non-hydrogen) atoms. The third-order valence-electron chi connectivity index (χ3n) is 6.08. The number of hydrogen-bond acceptors (Lipinski definition) is 5. The molecule has 1 aliphatic rings. The minimum Gasteiger partial charge on any atom is -0.444 e. The second kappa shape index (κ2) is 11.1. The number of methoxy groups -OCH3 is 1. The molecule has 1 aromatic heterocycles. The maximum Gasteiger partial charge on any atom is 0.410 e. The molecule has 2 heterocycles. The van der Waals surface area contributed by atoms with E-state index in [0.29, 0.717) is 32.9 Å². The number of benzene rings is 2. The lowest BCUT2D eigenvalue weighted by Gasteiger charge is -2.34. The summed E-state index contributed by atoms with van der Waals surface area (Å²) in [5, 5.41) is 4.89. The van der Waals surface area contributed by atoms with Crippen LogP contribution < -0.4 is 5.32 Å². The fraction of sp³-hybridized carbons (Fsp3) is 0.464. The summed E-state index contributed by atoms with van der Waals surface area (Å²) >= 11 is 0. The number of anilines is 1. The van der Waals surface area contributed by atoms with E-state index in [1.165, 1.54) is 0 Å². The number of H-pyrrole nitrogens is 1. The Morgan fingerprint density at radius 3 is 2.51 bits per heavy atom. The Morgan fingerprint density at radius 2 is 1.83 bits per heavy atom. The van der Waals surface area contributed by atoms with Gasteiger partial charge in [-0.25, -0.2) is 4.79 Å². The molecule has 1 saturated heterocycles. The van der Waals surface area contributed by atoms with E-state index < -0.39 is 5.60 Å². The van der Waals surface area contributed by atoms with E-state index in [2.05, 4.69) is 40.6 Å². The summed E-state index contributed by atoms with van der Waals surface area (Å²) in [5.41, 5.74) is 5.01. The minimum atomic E-state index is -0.479. The predicted octanol–water partition coefficient (Wildman–Crippen LogP) is 5.81. The van der Waals surface area contributed by atoms with Gasteiger partial charge in [0.05, 0.1) is 31.0 Å². The lowest BCUT2D eigenvalue weighted by molar-refractivity contribution is 0.0210. The van der Waals surface area contributed by atoms with E-state index in [1.807, 2.05) is 39.0 Å². The van der Waals surface area contributed by atoms with Crippen LogP contribution in [0.25, 0.3) is 22.2 Å². The van der Waals surface area contributed by atoms with Crippen LogP contribution in [-0.4, -0.2) is 61.0 Å². The molecule has 0 bridgehead atoms. The SMILES string of the molecule is COCCOCc1cc(NC2CCN(C(=O)OC(C)(C)C)CC2)c2[nH]c(-c3ccccc3)cc2c1. The standard InChI is InChI=1S/C28H37N3O4/c1-28(2,3)35-27(32)31-12-10-23(11-13-31)29-25-17-20(19-34-15-14-33-4)16-22-18-24(30-26(22)25)21-8-6-5-7-9-21/h5-9,16-18,23,29-30H,10-15,19H2,1-4H3. The molecule has 0 atom stereocenters. The van der Waals surface area contributed by atoms with Crippen LogP contribution in [0.2, 0.25) is 0 Å². The lowest BCUT2D eigenvalue weighted by atomic mass is 10.0. The number of aromatic amines is 1. The number of rotatable bonds is 8. The Morgan fingerprint density at radius 1 is 1.09 bits per heavy atom. The van der Waals surface area contributed by atoms with E-state index in [4.69, 9.17) is 14.2 Å². The number of nitrogens with zero attached hydrogens (tertiary/aromatic N) is 1. The van der Waals surface area contributed by atoms with Crippen molar-refractivity contribution >= 4 is 22.7 Å². The van der Waals surface area contributed by atoms with Gasteiger partial charge in [-0.15, -0.1) is 0 Å². The van der Waals surface area contributed by atoms with E-state index >= 15 is 0 Å². The number of nitrogens with one attached hydrogen (secondary N) is 2. The quantitative estimate of drug-likeness (QED) is 0.399. The second-order valence-corrected chi connectivity index (χ2v) is 10.1. The van der Waals surface area contributed by atoms with Gasteiger partial charge in [0.15, 0.2) is 0 Å². The third kappa shape index (κ3) is 6.77. The zero-order valence-corrected chi connectivity index (χ0v) is 21.2. The first-order chi connectivity index (χ1) is 16.8. The van der Waals surface area contributed by atoms with Crippen LogP contribution in [-0.2, 0) is 20.8 Å². The van der Waals surface area contributed by atoms with Crippen LogP contribution in [0.15, 0.2) is 48.5 Å².